The summed E-state index contributed by atoms with van der Waals surface area (Å²) in [6.07, 6.45) is 6.67. The fourth-order valence-corrected chi connectivity index (χ4v) is 2.66. The highest BCUT2D eigenvalue weighted by Gasteiger charge is 2.12. The second kappa shape index (κ2) is 12.1. The average Bonchev–Trinajstić information content (AvgIpc) is 2.73. The zero-order valence-electron chi connectivity index (χ0n) is 16.5. The summed E-state index contributed by atoms with van der Waals surface area (Å²) in [5, 5.41) is 6.91. The maximum Gasteiger partial charge on any atom is 0.240 e. The minimum Gasteiger partial charge on any atom is -0.490 e. The molecule has 2 rings (SSSR count). The van der Waals surface area contributed by atoms with Gasteiger partial charge in [-0.25, -0.2) is 5.43 Å². The van der Waals surface area contributed by atoms with E-state index in [1.807, 2.05) is 25.1 Å². The van der Waals surface area contributed by atoms with Crippen molar-refractivity contribution in [2.24, 2.45) is 5.10 Å². The van der Waals surface area contributed by atoms with Gasteiger partial charge in [-0.1, -0.05) is 35.7 Å². The lowest BCUT2D eigenvalue weighted by molar-refractivity contribution is -0.124. The second-order valence-electron chi connectivity index (χ2n) is 5.96. The summed E-state index contributed by atoms with van der Waals surface area (Å²) in [4.78, 5) is 23.8. The van der Waals surface area contributed by atoms with Crippen LogP contribution in [0.15, 0.2) is 47.6 Å². The summed E-state index contributed by atoms with van der Waals surface area (Å²) in [7, 11) is 0. The highest BCUT2D eigenvalue weighted by molar-refractivity contribution is 6.32. The highest BCUT2D eigenvalue weighted by Crippen LogP contribution is 2.36. The van der Waals surface area contributed by atoms with Gasteiger partial charge in [-0.2, -0.15) is 5.10 Å². The van der Waals surface area contributed by atoms with E-state index in [1.165, 1.54) is 6.21 Å². The average molecular weight is 428 g/mol. The van der Waals surface area contributed by atoms with Gasteiger partial charge >= 0.3 is 0 Å². The van der Waals surface area contributed by atoms with Gasteiger partial charge in [-0.15, -0.1) is 6.42 Å². The molecule has 0 fully saturated rings. The van der Waals surface area contributed by atoms with Crippen LogP contribution in [0.4, 0.5) is 5.69 Å². The van der Waals surface area contributed by atoms with Crippen LogP contribution in [0, 0.1) is 12.3 Å². The van der Waals surface area contributed by atoms with Crippen molar-refractivity contribution in [3.8, 4) is 23.8 Å². The summed E-state index contributed by atoms with van der Waals surface area (Å²) >= 11 is 6.23. The van der Waals surface area contributed by atoms with E-state index >= 15 is 0 Å². The van der Waals surface area contributed by atoms with Gasteiger partial charge < -0.3 is 14.8 Å². The van der Waals surface area contributed by atoms with Crippen LogP contribution in [0.2, 0.25) is 5.02 Å². The van der Waals surface area contributed by atoms with Crippen molar-refractivity contribution in [1.29, 1.82) is 0 Å². The molecule has 2 amide bonds. The summed E-state index contributed by atoms with van der Waals surface area (Å²) in [6, 6.07) is 12.3. The number of hydrazone groups is 1. The van der Waals surface area contributed by atoms with E-state index in [4.69, 9.17) is 27.5 Å². The Bertz CT molecular complexity index is 939. The maximum atomic E-state index is 11.9. The Balaban J connectivity index is 1.88. The number of amides is 2. The molecular formula is C22H22ClN3O4. The van der Waals surface area contributed by atoms with Crippen LogP contribution in [0.25, 0.3) is 0 Å². The lowest BCUT2D eigenvalue weighted by Crippen LogP contribution is -2.20. The fraction of sp³-hybridized carbons (Fsp3) is 0.227. The van der Waals surface area contributed by atoms with E-state index in [2.05, 4.69) is 21.8 Å². The van der Waals surface area contributed by atoms with Crippen molar-refractivity contribution in [3.63, 3.8) is 0 Å². The van der Waals surface area contributed by atoms with Gasteiger partial charge in [-0.3, -0.25) is 9.59 Å². The van der Waals surface area contributed by atoms with E-state index in [-0.39, 0.29) is 31.3 Å². The van der Waals surface area contributed by atoms with Crippen molar-refractivity contribution < 1.29 is 19.1 Å². The monoisotopic (exact) mass is 427 g/mol. The SMILES string of the molecule is C#CCOc1c(Cl)cc(C=NNC(=O)CCC(=O)Nc2ccccc2)cc1OCC. The molecule has 2 N–H and O–H groups in total. The number of ether oxygens (including phenoxy) is 2. The van der Waals surface area contributed by atoms with E-state index in [1.54, 1.807) is 24.3 Å². The number of rotatable bonds is 10. The van der Waals surface area contributed by atoms with Crippen LogP contribution >= 0.6 is 11.6 Å². The Morgan fingerprint density at radius 1 is 1.17 bits per heavy atom. The number of carbonyl (C=O) groups is 2. The van der Waals surface area contributed by atoms with Crippen LogP contribution < -0.4 is 20.2 Å². The minimum absolute atomic E-state index is 0.000173. The molecule has 7 nitrogen and oxygen atoms in total. The van der Waals surface area contributed by atoms with Crippen LogP contribution in [-0.4, -0.2) is 31.2 Å². The molecule has 0 radical (unpaired) electrons. The molecule has 0 unspecified atom stereocenters. The Labute approximate surface area is 180 Å². The summed E-state index contributed by atoms with van der Waals surface area (Å²) in [6.45, 7) is 2.29. The number of carbonyl (C=O) groups excluding carboxylic acids is 2. The Morgan fingerprint density at radius 3 is 2.60 bits per heavy atom. The van der Waals surface area contributed by atoms with Gasteiger partial charge in [0.2, 0.25) is 11.8 Å². The van der Waals surface area contributed by atoms with Gasteiger partial charge in [0.25, 0.3) is 0 Å². The number of hydrogen-bond donors (Lipinski definition) is 2. The number of nitrogens with one attached hydrogen (secondary N) is 2. The van der Waals surface area contributed by atoms with Crippen molar-refractivity contribution in [2.45, 2.75) is 19.8 Å². The molecule has 2 aromatic rings. The van der Waals surface area contributed by atoms with Gasteiger partial charge in [-0.05, 0) is 36.8 Å². The van der Waals surface area contributed by atoms with Gasteiger partial charge in [0.15, 0.2) is 11.5 Å². The first kappa shape index (κ1) is 22.8. The highest BCUT2D eigenvalue weighted by atomic mass is 35.5. The smallest absolute Gasteiger partial charge is 0.240 e. The predicted molar refractivity (Wildman–Crippen MR) is 117 cm³/mol. The second-order valence-corrected chi connectivity index (χ2v) is 6.37. The molecule has 0 aliphatic carbocycles. The van der Waals surface area contributed by atoms with Gasteiger partial charge in [0, 0.05) is 18.5 Å². The number of anilines is 1. The molecule has 0 spiro atoms. The van der Waals surface area contributed by atoms with E-state index in [0.717, 1.165) is 0 Å². The van der Waals surface area contributed by atoms with E-state index in [9.17, 15) is 9.59 Å². The van der Waals surface area contributed by atoms with Crippen LogP contribution in [0.5, 0.6) is 11.5 Å². The normalized spacial score (nSPS) is 10.3. The number of para-hydroxylation sites is 1. The van der Waals surface area contributed by atoms with Gasteiger partial charge in [0.05, 0.1) is 17.8 Å². The van der Waals surface area contributed by atoms with Crippen molar-refractivity contribution >= 4 is 35.3 Å². The lowest BCUT2D eigenvalue weighted by Gasteiger charge is -2.12. The molecule has 0 heterocycles. The number of halogens is 1. The molecule has 0 aromatic heterocycles. The van der Waals surface area contributed by atoms with Crippen LogP contribution in [-0.2, 0) is 9.59 Å². The standard InChI is InChI=1S/C22H22ClN3O4/c1-3-12-30-22-18(23)13-16(14-19(22)29-4-2)15-24-26-21(28)11-10-20(27)25-17-8-6-5-7-9-17/h1,5-9,13-15H,4,10-12H2,2H3,(H,25,27)(H,26,28). The van der Waals surface area contributed by atoms with Crippen molar-refractivity contribution in [3.05, 3.63) is 53.1 Å². The predicted octanol–water partition coefficient (Wildman–Crippen LogP) is 3.62. The number of hydrogen-bond acceptors (Lipinski definition) is 5. The molecule has 30 heavy (non-hydrogen) atoms. The van der Waals surface area contributed by atoms with E-state index < -0.39 is 0 Å². The third-order valence-corrected chi connectivity index (χ3v) is 3.95. The largest absolute Gasteiger partial charge is 0.490 e. The Hall–Kier alpha value is -3.50. The Kier molecular flexibility index (Phi) is 9.22. The first-order valence-electron chi connectivity index (χ1n) is 9.23. The molecule has 0 saturated carbocycles. The van der Waals surface area contributed by atoms with E-state index in [0.29, 0.717) is 34.4 Å². The minimum atomic E-state index is -0.389. The van der Waals surface area contributed by atoms with Crippen LogP contribution in [0.1, 0.15) is 25.3 Å². The zero-order chi connectivity index (χ0) is 21.8. The summed E-state index contributed by atoms with van der Waals surface area (Å²) in [5.41, 5.74) is 3.65. The molecule has 0 aliphatic heterocycles. The molecule has 8 heteroatoms. The molecule has 0 bridgehead atoms. The van der Waals surface area contributed by atoms with Crippen molar-refractivity contribution in [1.82, 2.24) is 5.43 Å². The lowest BCUT2D eigenvalue weighted by atomic mass is 10.2. The Morgan fingerprint density at radius 2 is 1.90 bits per heavy atom. The third-order valence-electron chi connectivity index (χ3n) is 3.67. The molecule has 0 saturated heterocycles. The van der Waals surface area contributed by atoms with Crippen molar-refractivity contribution in [2.75, 3.05) is 18.5 Å². The summed E-state index contributed by atoms with van der Waals surface area (Å²) in [5.74, 6) is 2.50. The molecular weight excluding hydrogens is 406 g/mol. The molecule has 2 aromatic carbocycles. The molecule has 0 aliphatic rings. The number of terminal acetylenes is 1. The fourth-order valence-electron chi connectivity index (χ4n) is 2.39. The zero-order valence-corrected chi connectivity index (χ0v) is 17.2. The van der Waals surface area contributed by atoms with Gasteiger partial charge in [0.1, 0.15) is 6.61 Å². The third kappa shape index (κ3) is 7.49. The number of nitrogens with zero attached hydrogens (tertiary/aromatic N) is 1. The molecule has 156 valence electrons. The quantitative estimate of drug-likeness (QED) is 0.344. The molecule has 0 atom stereocenters. The number of benzene rings is 2. The summed E-state index contributed by atoms with van der Waals surface area (Å²) < 4.78 is 10.9. The first-order valence-corrected chi connectivity index (χ1v) is 9.60. The first-order chi connectivity index (χ1) is 14.5. The van der Waals surface area contributed by atoms with Crippen LogP contribution in [0.3, 0.4) is 0 Å². The topological polar surface area (TPSA) is 89.0 Å². The maximum absolute atomic E-state index is 11.9.